The van der Waals surface area contributed by atoms with Gasteiger partial charge in [0.05, 0.1) is 23.5 Å². The summed E-state index contributed by atoms with van der Waals surface area (Å²) in [5.74, 6) is -1.57. The first-order valence-electron chi connectivity index (χ1n) is 4.63. The molecule has 0 aliphatic rings. The summed E-state index contributed by atoms with van der Waals surface area (Å²) in [5.41, 5.74) is 0.486. The van der Waals surface area contributed by atoms with E-state index >= 15 is 0 Å². The van der Waals surface area contributed by atoms with Crippen molar-refractivity contribution < 1.29 is 13.9 Å². The summed E-state index contributed by atoms with van der Waals surface area (Å²) in [6.07, 6.45) is 1.36. The van der Waals surface area contributed by atoms with Crippen LogP contribution in [0.1, 0.15) is 17.3 Å². The molecular formula is C10H8ClFN2O2. The highest BCUT2D eigenvalue weighted by atomic mass is 35.5. The summed E-state index contributed by atoms with van der Waals surface area (Å²) in [6, 6.07) is 1.38. The summed E-state index contributed by atoms with van der Waals surface area (Å²) in [5, 5.41) is -0.139. The molecule has 0 saturated carbocycles. The fraction of sp³-hybridized carbons (Fsp3) is 0.200. The second kappa shape index (κ2) is 4.09. The van der Waals surface area contributed by atoms with E-state index in [4.69, 9.17) is 16.3 Å². The molecule has 84 valence electrons. The van der Waals surface area contributed by atoms with E-state index in [9.17, 15) is 9.18 Å². The number of carbonyl (C=O) groups excluding carboxylic acids is 1. The number of hydrogen-bond donors (Lipinski definition) is 1. The van der Waals surface area contributed by atoms with Gasteiger partial charge in [-0.3, -0.25) is 0 Å². The third-order valence-electron chi connectivity index (χ3n) is 2.09. The van der Waals surface area contributed by atoms with Crippen molar-refractivity contribution in [3.05, 3.63) is 28.8 Å². The van der Waals surface area contributed by atoms with E-state index < -0.39 is 11.8 Å². The second-order valence-electron chi connectivity index (χ2n) is 3.07. The number of aromatic amines is 1. The average Bonchev–Trinajstić information content (AvgIpc) is 2.67. The lowest BCUT2D eigenvalue weighted by atomic mass is 10.1. The van der Waals surface area contributed by atoms with Crippen LogP contribution in [0, 0.1) is 5.82 Å². The highest BCUT2D eigenvalue weighted by Crippen LogP contribution is 2.26. The van der Waals surface area contributed by atoms with E-state index in [0.717, 1.165) is 0 Å². The van der Waals surface area contributed by atoms with Gasteiger partial charge in [0.2, 0.25) is 0 Å². The Balaban J connectivity index is 2.69. The molecule has 0 amide bonds. The maximum Gasteiger partial charge on any atom is 0.343 e. The number of rotatable bonds is 2. The highest BCUT2D eigenvalue weighted by molar-refractivity contribution is 6.32. The van der Waals surface area contributed by atoms with Gasteiger partial charge in [-0.05, 0) is 13.0 Å². The van der Waals surface area contributed by atoms with Crippen LogP contribution in [-0.2, 0) is 4.74 Å². The number of imidazole rings is 1. The lowest BCUT2D eigenvalue weighted by Gasteiger charge is -2.05. The van der Waals surface area contributed by atoms with Crippen LogP contribution in [0.2, 0.25) is 5.02 Å². The Morgan fingerprint density at radius 1 is 1.69 bits per heavy atom. The third-order valence-corrected chi connectivity index (χ3v) is 2.36. The smallest absolute Gasteiger partial charge is 0.343 e. The number of halogens is 2. The molecule has 1 aromatic heterocycles. The van der Waals surface area contributed by atoms with E-state index in [1.807, 2.05) is 0 Å². The summed E-state index contributed by atoms with van der Waals surface area (Å²) < 4.78 is 18.4. The van der Waals surface area contributed by atoms with Gasteiger partial charge in [0.15, 0.2) is 5.82 Å². The predicted octanol–water partition coefficient (Wildman–Crippen LogP) is 2.53. The van der Waals surface area contributed by atoms with Crippen molar-refractivity contribution in [2.75, 3.05) is 6.61 Å². The number of ether oxygens (including phenoxy) is 1. The number of nitrogens with zero attached hydrogens (tertiary/aromatic N) is 1. The molecule has 0 bridgehead atoms. The van der Waals surface area contributed by atoms with Crippen molar-refractivity contribution >= 4 is 28.6 Å². The van der Waals surface area contributed by atoms with Gasteiger partial charge >= 0.3 is 5.97 Å². The van der Waals surface area contributed by atoms with Crippen molar-refractivity contribution in [3.63, 3.8) is 0 Å². The van der Waals surface area contributed by atoms with Crippen molar-refractivity contribution in [2.45, 2.75) is 6.92 Å². The van der Waals surface area contributed by atoms with Crippen molar-refractivity contribution in [3.8, 4) is 0 Å². The Hall–Kier alpha value is -1.62. The number of fused-ring (bicyclic) bond motifs is 1. The lowest BCUT2D eigenvalue weighted by molar-refractivity contribution is 0.0523. The van der Waals surface area contributed by atoms with Crippen molar-refractivity contribution in [1.82, 2.24) is 9.97 Å². The molecule has 0 atom stereocenters. The molecule has 0 spiro atoms. The maximum atomic E-state index is 13.7. The van der Waals surface area contributed by atoms with Gasteiger partial charge in [-0.15, -0.1) is 0 Å². The molecule has 0 unspecified atom stereocenters. The predicted molar refractivity (Wildman–Crippen MR) is 57.0 cm³/mol. The Morgan fingerprint density at radius 3 is 3.12 bits per heavy atom. The fourth-order valence-corrected chi connectivity index (χ4v) is 1.62. The summed E-state index contributed by atoms with van der Waals surface area (Å²) in [7, 11) is 0. The van der Waals surface area contributed by atoms with Gasteiger partial charge in [-0.1, -0.05) is 11.6 Å². The molecular weight excluding hydrogens is 235 g/mol. The number of esters is 1. The minimum atomic E-state index is -0.806. The molecule has 1 N–H and O–H groups in total. The number of benzene rings is 1. The minimum Gasteiger partial charge on any atom is -0.462 e. The van der Waals surface area contributed by atoms with Crippen molar-refractivity contribution in [2.24, 2.45) is 0 Å². The van der Waals surface area contributed by atoms with Crippen LogP contribution < -0.4 is 0 Å². The zero-order valence-corrected chi connectivity index (χ0v) is 9.14. The van der Waals surface area contributed by atoms with E-state index in [1.165, 1.54) is 12.4 Å². The first kappa shape index (κ1) is 10.9. The molecule has 0 saturated heterocycles. The molecule has 0 radical (unpaired) electrons. The van der Waals surface area contributed by atoms with E-state index in [1.54, 1.807) is 6.92 Å². The lowest BCUT2D eigenvalue weighted by Crippen LogP contribution is -2.08. The molecule has 2 rings (SSSR count). The van der Waals surface area contributed by atoms with Crippen LogP contribution >= 0.6 is 11.6 Å². The molecule has 16 heavy (non-hydrogen) atoms. The van der Waals surface area contributed by atoms with Crippen molar-refractivity contribution in [1.29, 1.82) is 0 Å². The molecule has 2 aromatic rings. The Kier molecular flexibility index (Phi) is 2.78. The van der Waals surface area contributed by atoms with E-state index in [0.29, 0.717) is 5.52 Å². The van der Waals surface area contributed by atoms with Crippen LogP contribution in [-0.4, -0.2) is 22.5 Å². The van der Waals surface area contributed by atoms with Gasteiger partial charge in [0.1, 0.15) is 11.1 Å². The second-order valence-corrected chi connectivity index (χ2v) is 3.47. The molecule has 0 aliphatic carbocycles. The van der Waals surface area contributed by atoms with E-state index in [-0.39, 0.29) is 22.7 Å². The zero-order chi connectivity index (χ0) is 11.7. The first-order valence-corrected chi connectivity index (χ1v) is 5.01. The van der Waals surface area contributed by atoms with Crippen LogP contribution in [0.5, 0.6) is 0 Å². The average molecular weight is 243 g/mol. The van der Waals surface area contributed by atoms with Gasteiger partial charge in [0.25, 0.3) is 0 Å². The molecule has 1 aromatic carbocycles. The normalized spacial score (nSPS) is 10.7. The monoisotopic (exact) mass is 242 g/mol. The van der Waals surface area contributed by atoms with Gasteiger partial charge in [0, 0.05) is 0 Å². The minimum absolute atomic E-state index is 0.139. The SMILES string of the molecule is CCOC(=O)c1c(F)c(Cl)cc2[nH]cnc12. The quantitative estimate of drug-likeness (QED) is 0.824. The summed E-state index contributed by atoms with van der Waals surface area (Å²) in [4.78, 5) is 18.2. The number of nitrogens with one attached hydrogen (secondary N) is 1. The standard InChI is InChI=1S/C10H8ClFN2O2/c1-2-16-10(15)7-8(12)5(11)3-6-9(7)14-4-13-6/h3-4H,2H2,1H3,(H,13,14). The third kappa shape index (κ3) is 1.63. The summed E-state index contributed by atoms with van der Waals surface area (Å²) >= 11 is 5.66. The molecule has 0 fully saturated rings. The fourth-order valence-electron chi connectivity index (χ4n) is 1.42. The van der Waals surface area contributed by atoms with Gasteiger partial charge in [-0.25, -0.2) is 14.2 Å². The van der Waals surface area contributed by atoms with Gasteiger partial charge < -0.3 is 9.72 Å². The largest absolute Gasteiger partial charge is 0.462 e. The number of H-pyrrole nitrogens is 1. The molecule has 4 nitrogen and oxygen atoms in total. The van der Waals surface area contributed by atoms with Crippen LogP contribution in [0.4, 0.5) is 4.39 Å². The Labute approximate surface area is 95.4 Å². The van der Waals surface area contributed by atoms with Gasteiger partial charge in [-0.2, -0.15) is 0 Å². The van der Waals surface area contributed by atoms with Crippen LogP contribution in [0.3, 0.4) is 0 Å². The molecule has 6 heteroatoms. The molecule has 1 heterocycles. The zero-order valence-electron chi connectivity index (χ0n) is 8.38. The number of hydrogen-bond acceptors (Lipinski definition) is 3. The summed E-state index contributed by atoms with van der Waals surface area (Å²) in [6.45, 7) is 1.80. The maximum absolute atomic E-state index is 13.7. The highest BCUT2D eigenvalue weighted by Gasteiger charge is 2.21. The first-order chi connectivity index (χ1) is 7.65. The number of aromatic nitrogens is 2. The molecule has 0 aliphatic heterocycles. The number of carbonyl (C=O) groups is 1. The van der Waals surface area contributed by atoms with E-state index in [2.05, 4.69) is 9.97 Å². The Bertz CT molecular complexity index is 553. The van der Waals surface area contributed by atoms with Crippen LogP contribution in [0.15, 0.2) is 12.4 Å². The topological polar surface area (TPSA) is 55.0 Å². The van der Waals surface area contributed by atoms with Crippen LogP contribution in [0.25, 0.3) is 11.0 Å². The Morgan fingerprint density at radius 2 is 2.44 bits per heavy atom.